The average Bonchev–Trinajstić information content (AvgIpc) is 2.91. The van der Waals surface area contributed by atoms with Crippen LogP contribution < -0.4 is 24.4 Å². The van der Waals surface area contributed by atoms with Crippen LogP contribution in [-0.2, 0) is 9.53 Å². The van der Waals surface area contributed by atoms with E-state index in [1.54, 1.807) is 0 Å². The lowest BCUT2D eigenvalue weighted by atomic mass is 9.99. The highest BCUT2D eigenvalue weighted by Gasteiger charge is 2.48. The van der Waals surface area contributed by atoms with Crippen molar-refractivity contribution in [3.05, 3.63) is 34.5 Å². The fourth-order valence-electron chi connectivity index (χ4n) is 3.98. The van der Waals surface area contributed by atoms with Crippen LogP contribution >= 0.6 is 0 Å². The summed E-state index contributed by atoms with van der Waals surface area (Å²) in [7, 11) is 3.99. The molecule has 38 heavy (non-hydrogen) atoms. The molecule has 1 aliphatic heterocycles. The number of carboxylic acid groups (broad SMARTS) is 1. The number of rotatable bonds is 7. The Morgan fingerprint density at radius 3 is 2.13 bits per heavy atom. The smallest absolute Gasteiger partial charge is 0.335 e. The minimum absolute atomic E-state index is 0.170. The molecular formula is C24H24O14. The predicted octanol–water partition coefficient (Wildman–Crippen LogP) is 0.168. The third-order valence-corrected chi connectivity index (χ3v) is 5.97. The number of fused-ring (bicyclic) bond motifs is 1. The number of carbonyl (C=O) groups is 1. The number of methoxy groups -OCH3 is 3. The second-order valence-corrected chi connectivity index (χ2v) is 8.16. The highest BCUT2D eigenvalue weighted by atomic mass is 16.7. The zero-order chi connectivity index (χ0) is 27.9. The van der Waals surface area contributed by atoms with E-state index in [0.717, 1.165) is 6.07 Å². The first kappa shape index (κ1) is 26.8. The summed E-state index contributed by atoms with van der Waals surface area (Å²) in [6, 6.07) is 5.52. The van der Waals surface area contributed by atoms with E-state index in [1.165, 1.54) is 39.5 Å². The van der Waals surface area contributed by atoms with Gasteiger partial charge >= 0.3 is 5.97 Å². The average molecular weight is 536 g/mol. The summed E-state index contributed by atoms with van der Waals surface area (Å²) in [6.07, 6.45) is -10.0. The summed E-state index contributed by atoms with van der Waals surface area (Å²) in [6.45, 7) is 0. The molecule has 1 aliphatic rings. The van der Waals surface area contributed by atoms with Crippen molar-refractivity contribution in [3.63, 3.8) is 0 Å². The van der Waals surface area contributed by atoms with Gasteiger partial charge in [0, 0.05) is 11.6 Å². The molecular weight excluding hydrogens is 512 g/mol. The minimum Gasteiger partial charge on any atom is -0.504 e. The van der Waals surface area contributed by atoms with E-state index in [2.05, 4.69) is 0 Å². The second kappa shape index (κ2) is 10.3. The number of hydrogen-bond donors (Lipinski definition) is 6. The molecule has 3 aromatic rings. The van der Waals surface area contributed by atoms with Crippen molar-refractivity contribution in [1.29, 1.82) is 0 Å². The number of carboxylic acids is 1. The van der Waals surface area contributed by atoms with E-state index < -0.39 is 64.7 Å². The molecule has 14 nitrogen and oxygen atoms in total. The molecule has 0 bridgehead atoms. The van der Waals surface area contributed by atoms with Gasteiger partial charge in [-0.1, -0.05) is 0 Å². The topological polar surface area (TPSA) is 215 Å². The quantitative estimate of drug-likeness (QED) is 0.222. The molecule has 5 unspecified atom stereocenters. The Morgan fingerprint density at radius 1 is 0.868 bits per heavy atom. The summed E-state index contributed by atoms with van der Waals surface area (Å²) >= 11 is 0. The van der Waals surface area contributed by atoms with Gasteiger partial charge in [-0.25, -0.2) is 4.79 Å². The summed E-state index contributed by atoms with van der Waals surface area (Å²) in [5.74, 6) is -3.98. The van der Waals surface area contributed by atoms with Crippen LogP contribution in [0.3, 0.4) is 0 Å². The van der Waals surface area contributed by atoms with Gasteiger partial charge in [0.25, 0.3) is 0 Å². The Balaban J connectivity index is 1.96. The lowest BCUT2D eigenvalue weighted by Gasteiger charge is -2.38. The summed E-state index contributed by atoms with van der Waals surface area (Å²) < 4.78 is 32.1. The molecule has 0 spiro atoms. The second-order valence-electron chi connectivity index (χ2n) is 8.16. The molecule has 1 fully saturated rings. The van der Waals surface area contributed by atoms with Gasteiger partial charge in [-0.05, 0) is 18.2 Å². The molecule has 204 valence electrons. The van der Waals surface area contributed by atoms with Gasteiger partial charge in [0.1, 0.15) is 29.3 Å². The maximum Gasteiger partial charge on any atom is 0.335 e. The molecule has 0 amide bonds. The summed E-state index contributed by atoms with van der Waals surface area (Å²) in [5.41, 5.74) is -1.12. The molecule has 0 saturated carbocycles. The molecule has 0 aliphatic carbocycles. The van der Waals surface area contributed by atoms with Crippen molar-refractivity contribution in [1.82, 2.24) is 0 Å². The number of aliphatic hydroxyl groups is 3. The number of aromatic hydroxyl groups is 2. The van der Waals surface area contributed by atoms with Crippen molar-refractivity contribution >= 4 is 16.9 Å². The highest BCUT2D eigenvalue weighted by molar-refractivity contribution is 5.91. The van der Waals surface area contributed by atoms with Crippen LogP contribution in [0, 0.1) is 0 Å². The van der Waals surface area contributed by atoms with Gasteiger partial charge in [-0.3, -0.25) is 4.79 Å². The van der Waals surface area contributed by atoms with Gasteiger partial charge in [0.2, 0.25) is 23.2 Å². The van der Waals surface area contributed by atoms with Crippen LogP contribution in [0.1, 0.15) is 0 Å². The first-order chi connectivity index (χ1) is 18.0. The van der Waals surface area contributed by atoms with Crippen molar-refractivity contribution in [3.8, 4) is 45.8 Å². The van der Waals surface area contributed by atoms with Crippen LogP contribution in [0.2, 0.25) is 0 Å². The first-order valence-corrected chi connectivity index (χ1v) is 10.9. The Kier molecular flexibility index (Phi) is 7.24. The number of aliphatic hydroxyl groups excluding tert-OH is 3. The SMILES string of the molecule is COc1ccc(-c2oc3cc(OC)c(O)c(O)c3c(=O)c2OC2OC(C(=O)O)C(O)C(O)C2O)cc1OC. The zero-order valence-corrected chi connectivity index (χ0v) is 20.1. The molecule has 2 aromatic carbocycles. The highest BCUT2D eigenvalue weighted by Crippen LogP contribution is 2.44. The maximum atomic E-state index is 13.6. The van der Waals surface area contributed by atoms with Crippen molar-refractivity contribution < 1.29 is 63.5 Å². The van der Waals surface area contributed by atoms with Crippen LogP contribution in [0.25, 0.3) is 22.3 Å². The summed E-state index contributed by atoms with van der Waals surface area (Å²) in [4.78, 5) is 25.1. The third-order valence-electron chi connectivity index (χ3n) is 5.97. The van der Waals surface area contributed by atoms with E-state index in [-0.39, 0.29) is 28.4 Å². The fraction of sp³-hybridized carbons (Fsp3) is 0.333. The van der Waals surface area contributed by atoms with Gasteiger partial charge < -0.3 is 58.7 Å². The van der Waals surface area contributed by atoms with Crippen molar-refractivity contribution in [2.24, 2.45) is 0 Å². The number of hydrogen-bond acceptors (Lipinski definition) is 13. The first-order valence-electron chi connectivity index (χ1n) is 10.9. The molecule has 5 atom stereocenters. The maximum absolute atomic E-state index is 13.6. The molecule has 14 heteroatoms. The van der Waals surface area contributed by atoms with E-state index in [0.29, 0.717) is 5.75 Å². The Labute approximate surface area is 213 Å². The van der Waals surface area contributed by atoms with E-state index >= 15 is 0 Å². The van der Waals surface area contributed by atoms with Crippen molar-refractivity contribution in [2.45, 2.75) is 30.7 Å². The Morgan fingerprint density at radius 2 is 1.53 bits per heavy atom. The third kappa shape index (κ3) is 4.39. The molecule has 1 saturated heterocycles. The van der Waals surface area contributed by atoms with Crippen LogP contribution in [0.5, 0.6) is 34.5 Å². The number of ether oxygens (including phenoxy) is 5. The number of aliphatic carboxylic acids is 1. The van der Waals surface area contributed by atoms with Gasteiger partial charge in [0.15, 0.2) is 34.9 Å². The minimum atomic E-state index is -2.02. The van der Waals surface area contributed by atoms with E-state index in [4.69, 9.17) is 28.1 Å². The Bertz CT molecular complexity index is 1430. The van der Waals surface area contributed by atoms with Crippen LogP contribution in [-0.4, -0.2) is 88.6 Å². The van der Waals surface area contributed by atoms with E-state index in [1.807, 2.05) is 0 Å². The predicted molar refractivity (Wildman–Crippen MR) is 126 cm³/mol. The lowest BCUT2D eigenvalue weighted by Crippen LogP contribution is -2.61. The molecule has 1 aromatic heterocycles. The normalized spacial score (nSPS) is 23.2. The summed E-state index contributed by atoms with van der Waals surface area (Å²) in [5, 5.41) is 60.1. The lowest BCUT2D eigenvalue weighted by molar-refractivity contribution is -0.271. The standard InChI is InChI=1S/C24H24O14/c1-33-9-5-4-8(6-10(9)34-2)20-21(37-24-19(30)17(28)18(29)22(38-24)23(31)32)16(27)13-11(36-20)7-12(35-3)14(25)15(13)26/h4-7,17-19,22,24-26,28-30H,1-3H3,(H,31,32). The number of phenols is 2. The fourth-order valence-corrected chi connectivity index (χ4v) is 3.98. The number of benzene rings is 2. The van der Waals surface area contributed by atoms with Gasteiger partial charge in [-0.2, -0.15) is 0 Å². The van der Waals surface area contributed by atoms with Crippen LogP contribution in [0.15, 0.2) is 33.5 Å². The molecule has 2 heterocycles. The monoisotopic (exact) mass is 536 g/mol. The van der Waals surface area contributed by atoms with Gasteiger partial charge in [0.05, 0.1) is 21.3 Å². The zero-order valence-electron chi connectivity index (χ0n) is 20.1. The molecule has 0 radical (unpaired) electrons. The van der Waals surface area contributed by atoms with E-state index in [9.17, 15) is 40.2 Å². The van der Waals surface area contributed by atoms with Gasteiger partial charge in [-0.15, -0.1) is 0 Å². The largest absolute Gasteiger partial charge is 0.504 e. The molecule has 6 N–H and O–H groups in total. The molecule has 4 rings (SSSR count). The Hall–Kier alpha value is -4.24. The van der Waals surface area contributed by atoms with Crippen molar-refractivity contribution in [2.75, 3.05) is 21.3 Å². The number of phenolic OH excluding ortho intramolecular Hbond substituents is 2. The van der Waals surface area contributed by atoms with Crippen LogP contribution in [0.4, 0.5) is 0 Å².